The lowest BCUT2D eigenvalue weighted by molar-refractivity contribution is -0.572. The first-order chi connectivity index (χ1) is 22.7. The van der Waals surface area contributed by atoms with Crippen LogP contribution in [0.2, 0.25) is 0 Å². The zero-order valence-electron chi connectivity index (χ0n) is 24.4. The van der Waals surface area contributed by atoms with Crippen LogP contribution in [0.25, 0.3) is 72.8 Å². The molecule has 4 aromatic heterocycles. The molecule has 9 aromatic rings. The summed E-state index contributed by atoms with van der Waals surface area (Å²) in [6.07, 6.45) is 7.47. The monoisotopic (exact) mass is 595 g/mol. The highest BCUT2D eigenvalue weighted by Crippen LogP contribution is 2.37. The van der Waals surface area contributed by atoms with Gasteiger partial charge in [0.15, 0.2) is 5.58 Å². The van der Waals surface area contributed by atoms with Gasteiger partial charge in [0.25, 0.3) is 6.33 Å². The Morgan fingerprint density at radius 1 is 0.717 bits per heavy atom. The summed E-state index contributed by atoms with van der Waals surface area (Å²) in [7, 11) is 0. The summed E-state index contributed by atoms with van der Waals surface area (Å²) in [4.78, 5) is 9.59. The molecule has 7 nitrogen and oxygen atoms in total. The summed E-state index contributed by atoms with van der Waals surface area (Å²) < 4.78 is 12.4. The molecule has 218 valence electrons. The minimum Gasteiger partial charge on any atom is -0.511 e. The van der Waals surface area contributed by atoms with E-state index >= 15 is 0 Å². The van der Waals surface area contributed by atoms with Gasteiger partial charge in [0, 0.05) is 28.9 Å². The summed E-state index contributed by atoms with van der Waals surface area (Å²) in [5.41, 5.74) is 9.61. The second-order valence-electron chi connectivity index (χ2n) is 11.1. The molecule has 0 aliphatic rings. The maximum absolute atomic E-state index is 10.8. The fraction of sp³-hybridized carbons (Fsp3) is 0. The van der Waals surface area contributed by atoms with Crippen LogP contribution in [0.1, 0.15) is 0 Å². The highest BCUT2D eigenvalue weighted by Gasteiger charge is 2.21. The minimum atomic E-state index is 0.183. The molecule has 4 heterocycles. The lowest BCUT2D eigenvalue weighted by atomic mass is 10.1. The van der Waals surface area contributed by atoms with Gasteiger partial charge in [-0.2, -0.15) is 0 Å². The molecule has 7 heteroatoms. The van der Waals surface area contributed by atoms with Crippen molar-refractivity contribution >= 4 is 33.0 Å². The summed E-state index contributed by atoms with van der Waals surface area (Å²) >= 11 is 0. The largest absolute Gasteiger partial charge is 0.511 e. The predicted octanol–water partition coefficient (Wildman–Crippen LogP) is 8.23. The van der Waals surface area contributed by atoms with Gasteiger partial charge < -0.3 is 14.1 Å². The maximum Gasteiger partial charge on any atom is 0.270 e. The molecule has 0 saturated heterocycles. The number of para-hydroxylation sites is 6. The third kappa shape index (κ3) is 4.10. The average molecular weight is 596 g/mol. The lowest BCUT2D eigenvalue weighted by Gasteiger charge is -2.13. The predicted molar refractivity (Wildman–Crippen MR) is 178 cm³/mol. The van der Waals surface area contributed by atoms with Crippen molar-refractivity contribution in [2.75, 3.05) is 0 Å². The van der Waals surface area contributed by atoms with Crippen LogP contribution in [-0.2, 0) is 0 Å². The first-order valence-corrected chi connectivity index (χ1v) is 15.0. The molecule has 0 aliphatic carbocycles. The maximum atomic E-state index is 10.8. The highest BCUT2D eigenvalue weighted by molar-refractivity contribution is 6.03. The number of aromatic nitrogens is 5. The van der Waals surface area contributed by atoms with E-state index < -0.39 is 0 Å². The van der Waals surface area contributed by atoms with Crippen molar-refractivity contribution in [3.8, 4) is 45.5 Å². The number of nitrogens with zero attached hydrogens (tertiary/aromatic N) is 5. The summed E-state index contributed by atoms with van der Waals surface area (Å²) in [6, 6.07) is 43.7. The summed E-state index contributed by atoms with van der Waals surface area (Å²) in [5.74, 6) is 0.763. The molecular formula is C39H25N5O2. The number of hydrogen-bond acceptors (Lipinski definition) is 4. The molecule has 0 fully saturated rings. The van der Waals surface area contributed by atoms with E-state index in [0.717, 1.165) is 55.6 Å². The Hall–Kier alpha value is -6.47. The molecule has 0 atom stereocenters. The fourth-order valence-corrected chi connectivity index (χ4v) is 6.20. The van der Waals surface area contributed by atoms with E-state index in [9.17, 15) is 5.11 Å². The summed E-state index contributed by atoms with van der Waals surface area (Å²) in [6.45, 7) is 0. The van der Waals surface area contributed by atoms with Gasteiger partial charge in [0.05, 0.1) is 33.6 Å². The number of phenolic OH excluding ortho intramolecular Hbond substituents is 1. The van der Waals surface area contributed by atoms with Gasteiger partial charge in [-0.3, -0.25) is 14.1 Å². The van der Waals surface area contributed by atoms with Crippen LogP contribution >= 0.6 is 0 Å². The second kappa shape index (κ2) is 10.3. The number of oxazole rings is 1. The Morgan fingerprint density at radius 3 is 2.33 bits per heavy atom. The molecular weight excluding hydrogens is 570 g/mol. The Balaban J connectivity index is 1.30. The number of rotatable bonds is 5. The molecule has 0 radical (unpaired) electrons. The quantitative estimate of drug-likeness (QED) is 0.161. The van der Waals surface area contributed by atoms with Crippen LogP contribution in [0.15, 0.2) is 150 Å². The number of hydrogen-bond donors (Lipinski definition) is 1. The normalized spacial score (nSPS) is 11.6. The molecule has 0 amide bonds. The Bertz CT molecular complexity index is 2550. The van der Waals surface area contributed by atoms with Gasteiger partial charge in [-0.25, -0.2) is 4.98 Å². The molecule has 0 unspecified atom stereocenters. The number of benzene rings is 5. The van der Waals surface area contributed by atoms with E-state index in [1.807, 2.05) is 112 Å². The standard InChI is InChI=1S/C39H25N5O2/c45-37-20-9-8-19-35(37)44-25-43(33-17-6-7-18-34(33)44)32-16-5-4-15-31(32)42-24-28(29-14-10-11-21-40-29)27-22-38-30(23-36(27)42)41-39(46-38)26-12-2-1-3-13-26/h1-24,45H. The average Bonchev–Trinajstić information content (AvgIpc) is 3.82. The van der Waals surface area contributed by atoms with E-state index in [0.29, 0.717) is 17.2 Å². The highest BCUT2D eigenvalue weighted by atomic mass is 16.3. The van der Waals surface area contributed by atoms with Crippen LogP contribution in [0.3, 0.4) is 0 Å². The zero-order chi connectivity index (χ0) is 30.6. The molecule has 5 aromatic carbocycles. The number of fused-ring (bicyclic) bond motifs is 3. The second-order valence-corrected chi connectivity index (χ2v) is 11.1. The molecule has 0 bridgehead atoms. The Morgan fingerprint density at radius 2 is 1.48 bits per heavy atom. The number of phenols is 1. The first kappa shape index (κ1) is 26.0. The van der Waals surface area contributed by atoms with Gasteiger partial charge in [-0.1, -0.05) is 72.8 Å². The van der Waals surface area contributed by atoms with E-state index in [4.69, 9.17) is 14.4 Å². The fourth-order valence-electron chi connectivity index (χ4n) is 6.20. The Labute approximate surface area is 263 Å². The van der Waals surface area contributed by atoms with Gasteiger partial charge in [-0.05, 0) is 60.7 Å². The van der Waals surface area contributed by atoms with E-state index in [-0.39, 0.29) is 5.75 Å². The molecule has 0 spiro atoms. The van der Waals surface area contributed by atoms with E-state index in [1.54, 1.807) is 6.07 Å². The topological polar surface area (TPSA) is 72.9 Å². The van der Waals surface area contributed by atoms with Gasteiger partial charge in [0.1, 0.15) is 17.0 Å². The third-order valence-electron chi connectivity index (χ3n) is 8.34. The number of imidazole rings is 1. The molecule has 0 aliphatic heterocycles. The minimum absolute atomic E-state index is 0.183. The van der Waals surface area contributed by atoms with Crippen molar-refractivity contribution in [2.45, 2.75) is 0 Å². The smallest absolute Gasteiger partial charge is 0.270 e. The molecule has 0 saturated carbocycles. The number of pyridine rings is 1. The van der Waals surface area contributed by atoms with Crippen molar-refractivity contribution < 1.29 is 14.1 Å². The van der Waals surface area contributed by atoms with Crippen LogP contribution in [0.4, 0.5) is 0 Å². The van der Waals surface area contributed by atoms with Crippen molar-refractivity contribution in [2.24, 2.45) is 0 Å². The molecule has 9 rings (SSSR count). The van der Waals surface area contributed by atoms with Gasteiger partial charge in [0.2, 0.25) is 5.89 Å². The molecule has 1 N–H and O–H groups in total. The van der Waals surface area contributed by atoms with Crippen LogP contribution in [0, 0.1) is 6.33 Å². The summed E-state index contributed by atoms with van der Waals surface area (Å²) in [5, 5.41) is 11.8. The van der Waals surface area contributed by atoms with Crippen molar-refractivity contribution in [1.82, 2.24) is 19.1 Å². The SMILES string of the molecule is Oc1ccccc1-n1[c-][n+](-c2ccccc2-n2cc(-c3ccccn3)c3cc4oc(-c5ccccc5)nc4cc32)c2ccccc21. The third-order valence-corrected chi connectivity index (χ3v) is 8.34. The Kier molecular flexibility index (Phi) is 5.83. The van der Waals surface area contributed by atoms with Crippen LogP contribution in [-0.4, -0.2) is 24.2 Å². The van der Waals surface area contributed by atoms with Crippen molar-refractivity contribution in [3.05, 3.63) is 152 Å². The van der Waals surface area contributed by atoms with Crippen molar-refractivity contribution in [1.29, 1.82) is 0 Å². The van der Waals surface area contributed by atoms with Crippen LogP contribution in [0.5, 0.6) is 5.75 Å². The van der Waals surface area contributed by atoms with Gasteiger partial charge in [-0.15, -0.1) is 0 Å². The van der Waals surface area contributed by atoms with Crippen LogP contribution < -0.4 is 4.57 Å². The molecule has 46 heavy (non-hydrogen) atoms. The number of aromatic hydroxyl groups is 1. The van der Waals surface area contributed by atoms with Gasteiger partial charge >= 0.3 is 0 Å². The lowest BCUT2D eigenvalue weighted by Crippen LogP contribution is -2.31. The first-order valence-electron chi connectivity index (χ1n) is 15.0. The zero-order valence-corrected chi connectivity index (χ0v) is 24.4. The van der Waals surface area contributed by atoms with E-state index in [2.05, 4.69) is 47.4 Å². The van der Waals surface area contributed by atoms with E-state index in [1.165, 1.54) is 0 Å². The van der Waals surface area contributed by atoms with Crippen molar-refractivity contribution in [3.63, 3.8) is 0 Å².